The Bertz CT molecular complexity index is 1120. The summed E-state index contributed by atoms with van der Waals surface area (Å²) in [5.74, 6) is 0.966. The normalized spacial score (nSPS) is 14.0. The first kappa shape index (κ1) is 17.9. The van der Waals surface area contributed by atoms with Crippen molar-refractivity contribution in [3.63, 3.8) is 0 Å². The molecule has 0 saturated carbocycles. The van der Waals surface area contributed by atoms with Crippen molar-refractivity contribution in [2.45, 2.75) is 20.8 Å². The Morgan fingerprint density at radius 2 is 1.54 bits per heavy atom. The molecule has 0 aliphatic carbocycles. The molecular formula is C24H21N3O. The highest BCUT2D eigenvalue weighted by atomic mass is 16.1. The summed E-state index contributed by atoms with van der Waals surface area (Å²) in [4.78, 5) is 22.0. The zero-order chi connectivity index (χ0) is 19.7. The highest BCUT2D eigenvalue weighted by Gasteiger charge is 2.23. The fourth-order valence-corrected chi connectivity index (χ4v) is 3.22. The molecule has 0 fully saturated rings. The number of fused-ring (bicyclic) bond motifs is 1. The van der Waals surface area contributed by atoms with Crippen LogP contribution in [0.15, 0.2) is 76.7 Å². The van der Waals surface area contributed by atoms with E-state index >= 15 is 0 Å². The molecule has 1 aliphatic heterocycles. The second kappa shape index (κ2) is 7.24. The predicted molar refractivity (Wildman–Crippen MR) is 114 cm³/mol. The molecule has 0 unspecified atom stereocenters. The van der Waals surface area contributed by atoms with Crippen molar-refractivity contribution in [3.8, 4) is 0 Å². The van der Waals surface area contributed by atoms with Crippen LogP contribution in [0.3, 0.4) is 0 Å². The van der Waals surface area contributed by atoms with Gasteiger partial charge in [0.2, 0.25) is 0 Å². The van der Waals surface area contributed by atoms with E-state index in [1.807, 2.05) is 74.5 Å². The zero-order valence-corrected chi connectivity index (χ0v) is 16.2. The van der Waals surface area contributed by atoms with Crippen LogP contribution in [-0.2, 0) is 0 Å². The van der Waals surface area contributed by atoms with E-state index in [1.54, 1.807) is 0 Å². The van der Waals surface area contributed by atoms with E-state index in [4.69, 9.17) is 4.99 Å². The molecule has 0 aromatic heterocycles. The molecule has 1 aliphatic rings. The van der Waals surface area contributed by atoms with Crippen molar-refractivity contribution in [1.29, 1.82) is 0 Å². The molecule has 1 amide bonds. The van der Waals surface area contributed by atoms with Gasteiger partial charge in [0, 0.05) is 16.7 Å². The number of nitrogens with zero attached hydrogens (tertiary/aromatic N) is 2. The van der Waals surface area contributed by atoms with E-state index in [-0.39, 0.29) is 5.91 Å². The number of aliphatic imine (C=N–C) groups is 2. The van der Waals surface area contributed by atoms with Crippen LogP contribution in [0, 0.1) is 20.8 Å². The summed E-state index contributed by atoms with van der Waals surface area (Å²) in [6.45, 7) is 6.09. The van der Waals surface area contributed by atoms with Gasteiger partial charge in [-0.3, -0.25) is 4.79 Å². The topological polar surface area (TPSA) is 53.8 Å². The number of carbonyl (C=O) groups excluding carboxylic acids is 1. The minimum atomic E-state index is -0.179. The van der Waals surface area contributed by atoms with Gasteiger partial charge in [0.15, 0.2) is 5.84 Å². The first-order valence-corrected chi connectivity index (χ1v) is 9.24. The third-order valence-corrected chi connectivity index (χ3v) is 4.77. The van der Waals surface area contributed by atoms with Crippen molar-refractivity contribution in [2.75, 3.05) is 0 Å². The van der Waals surface area contributed by atoms with Gasteiger partial charge in [0.25, 0.3) is 5.91 Å². The number of rotatable bonds is 2. The maximum absolute atomic E-state index is 12.6. The standard InChI is InChI=1S/C24H21N3O/c1-15-8-11-18(12-9-15)24(28)27-23-20-7-5-4-6-19(20)22(26-23)25-21-13-10-16(2)14-17(21)3/h4-14H,1-3H3,(H,25,26,27,28). The first-order chi connectivity index (χ1) is 13.5. The van der Waals surface area contributed by atoms with E-state index < -0.39 is 0 Å². The fourth-order valence-electron chi connectivity index (χ4n) is 3.22. The summed E-state index contributed by atoms with van der Waals surface area (Å²) in [7, 11) is 0. The van der Waals surface area contributed by atoms with E-state index in [1.165, 1.54) is 5.56 Å². The maximum atomic E-state index is 12.6. The van der Waals surface area contributed by atoms with Gasteiger partial charge >= 0.3 is 0 Å². The molecule has 4 rings (SSSR count). The average molecular weight is 367 g/mol. The molecule has 0 atom stereocenters. The van der Waals surface area contributed by atoms with Gasteiger partial charge < -0.3 is 5.32 Å². The van der Waals surface area contributed by atoms with Crippen LogP contribution in [0.2, 0.25) is 0 Å². The Labute approximate surface area is 164 Å². The van der Waals surface area contributed by atoms with Gasteiger partial charge in [-0.2, -0.15) is 0 Å². The molecule has 4 heteroatoms. The highest BCUT2D eigenvalue weighted by molar-refractivity contribution is 6.26. The summed E-state index contributed by atoms with van der Waals surface area (Å²) in [5.41, 5.74) is 6.69. The summed E-state index contributed by atoms with van der Waals surface area (Å²) in [6, 6.07) is 21.4. The molecule has 138 valence electrons. The molecule has 0 spiro atoms. The number of carbonyl (C=O) groups is 1. The Morgan fingerprint density at radius 1 is 0.857 bits per heavy atom. The van der Waals surface area contributed by atoms with Gasteiger partial charge in [0.05, 0.1) is 5.69 Å². The Kier molecular flexibility index (Phi) is 4.62. The molecule has 4 nitrogen and oxygen atoms in total. The smallest absolute Gasteiger partial charge is 0.256 e. The Balaban J connectivity index is 1.69. The molecule has 3 aromatic carbocycles. The van der Waals surface area contributed by atoms with Crippen LogP contribution in [-0.4, -0.2) is 17.6 Å². The summed E-state index contributed by atoms with van der Waals surface area (Å²) in [5, 5.41) is 2.94. The van der Waals surface area contributed by atoms with Gasteiger partial charge in [-0.05, 0) is 44.5 Å². The largest absolute Gasteiger partial charge is 0.306 e. The number of hydrogen-bond acceptors (Lipinski definition) is 2. The average Bonchev–Trinajstić information content (AvgIpc) is 3.02. The summed E-state index contributed by atoms with van der Waals surface area (Å²) >= 11 is 0. The van der Waals surface area contributed by atoms with Crippen LogP contribution in [0.4, 0.5) is 5.69 Å². The maximum Gasteiger partial charge on any atom is 0.256 e. The Morgan fingerprint density at radius 3 is 2.25 bits per heavy atom. The molecule has 1 N–H and O–H groups in total. The van der Waals surface area contributed by atoms with Crippen molar-refractivity contribution < 1.29 is 4.79 Å². The number of hydrogen-bond donors (Lipinski definition) is 1. The second-order valence-corrected chi connectivity index (χ2v) is 7.05. The molecular weight excluding hydrogens is 346 g/mol. The number of amidine groups is 2. The predicted octanol–water partition coefficient (Wildman–Crippen LogP) is 4.88. The lowest BCUT2D eigenvalue weighted by Crippen LogP contribution is -2.30. The number of amides is 1. The van der Waals surface area contributed by atoms with Crippen LogP contribution in [0.5, 0.6) is 0 Å². The van der Waals surface area contributed by atoms with Crippen molar-refractivity contribution in [2.24, 2.45) is 9.98 Å². The van der Waals surface area contributed by atoms with Gasteiger partial charge in [-0.1, -0.05) is 59.7 Å². The van der Waals surface area contributed by atoms with E-state index in [9.17, 15) is 4.79 Å². The highest BCUT2D eigenvalue weighted by Crippen LogP contribution is 2.25. The monoisotopic (exact) mass is 367 g/mol. The fraction of sp³-hybridized carbons (Fsp3) is 0.125. The minimum Gasteiger partial charge on any atom is -0.306 e. The van der Waals surface area contributed by atoms with Crippen LogP contribution >= 0.6 is 0 Å². The third kappa shape index (κ3) is 3.49. The lowest BCUT2D eigenvalue weighted by Gasteiger charge is -2.06. The minimum absolute atomic E-state index is 0.179. The number of nitrogens with one attached hydrogen (secondary N) is 1. The molecule has 28 heavy (non-hydrogen) atoms. The Hall–Kier alpha value is -3.53. The van der Waals surface area contributed by atoms with Crippen LogP contribution < -0.4 is 5.32 Å². The number of aryl methyl sites for hydroxylation is 3. The second-order valence-electron chi connectivity index (χ2n) is 7.05. The van der Waals surface area contributed by atoms with Gasteiger partial charge in [-0.15, -0.1) is 0 Å². The van der Waals surface area contributed by atoms with Gasteiger partial charge in [-0.25, -0.2) is 9.98 Å². The van der Waals surface area contributed by atoms with Crippen molar-refractivity contribution in [1.82, 2.24) is 5.32 Å². The quantitative estimate of drug-likeness (QED) is 0.689. The summed E-state index contributed by atoms with van der Waals surface area (Å²) in [6.07, 6.45) is 0. The van der Waals surface area contributed by atoms with Crippen LogP contribution in [0.1, 0.15) is 38.2 Å². The first-order valence-electron chi connectivity index (χ1n) is 9.24. The molecule has 0 radical (unpaired) electrons. The van der Waals surface area contributed by atoms with Crippen LogP contribution in [0.25, 0.3) is 0 Å². The van der Waals surface area contributed by atoms with E-state index in [2.05, 4.69) is 23.3 Å². The molecule has 3 aromatic rings. The molecule has 0 saturated heterocycles. The molecule has 1 heterocycles. The van der Waals surface area contributed by atoms with Crippen molar-refractivity contribution >= 4 is 23.3 Å². The lowest BCUT2D eigenvalue weighted by molar-refractivity contribution is 0.0977. The third-order valence-electron chi connectivity index (χ3n) is 4.77. The molecule has 0 bridgehead atoms. The van der Waals surface area contributed by atoms with Gasteiger partial charge in [0.1, 0.15) is 5.84 Å². The SMILES string of the molecule is Cc1ccc(C(=O)NC2=NC(=Nc3ccc(C)cc3C)c3ccccc32)cc1. The van der Waals surface area contributed by atoms with E-state index in [0.717, 1.165) is 27.9 Å². The van der Waals surface area contributed by atoms with Crippen molar-refractivity contribution in [3.05, 3.63) is 100 Å². The summed E-state index contributed by atoms with van der Waals surface area (Å²) < 4.78 is 0. The zero-order valence-electron chi connectivity index (χ0n) is 16.2. The lowest BCUT2D eigenvalue weighted by atomic mass is 10.1. The van der Waals surface area contributed by atoms with E-state index in [0.29, 0.717) is 17.2 Å². The number of benzene rings is 3.